The second-order valence-electron chi connectivity index (χ2n) is 5.45. The smallest absolute Gasteiger partial charge is 0.258 e. The average molecular weight is 421 g/mol. The normalized spacial score (nSPS) is 10.3. The predicted molar refractivity (Wildman–Crippen MR) is 108 cm³/mol. The Morgan fingerprint density at radius 1 is 0.778 bits per heavy atom. The van der Waals surface area contributed by atoms with Crippen LogP contribution in [0.4, 0.5) is 11.4 Å². The van der Waals surface area contributed by atoms with Gasteiger partial charge in [-0.1, -0.05) is 40.9 Å². The van der Waals surface area contributed by atoms with Crippen LogP contribution in [0.1, 0.15) is 20.7 Å². The molecule has 0 radical (unpaired) electrons. The summed E-state index contributed by atoms with van der Waals surface area (Å²) in [4.78, 5) is 28.6. The lowest BCUT2D eigenvalue weighted by Gasteiger charge is -2.10. The monoisotopic (exact) mass is 419 g/mol. The zero-order valence-corrected chi connectivity index (χ0v) is 15.9. The first-order valence-corrected chi connectivity index (χ1v) is 8.86. The van der Waals surface area contributed by atoms with E-state index in [0.717, 1.165) is 0 Å². The lowest BCUT2D eigenvalue weighted by Crippen LogP contribution is -2.14. The van der Waals surface area contributed by atoms with Gasteiger partial charge in [-0.25, -0.2) is 4.98 Å². The van der Waals surface area contributed by atoms with Gasteiger partial charge >= 0.3 is 0 Å². The number of hydrogen-bond acceptors (Lipinski definition) is 3. The molecule has 0 unspecified atom stereocenters. The highest BCUT2D eigenvalue weighted by Crippen LogP contribution is 2.23. The van der Waals surface area contributed by atoms with Crippen molar-refractivity contribution >= 4 is 58.0 Å². The summed E-state index contributed by atoms with van der Waals surface area (Å²) in [6.45, 7) is 0. The van der Waals surface area contributed by atoms with Crippen molar-refractivity contribution in [2.45, 2.75) is 0 Å². The number of hydrogen-bond donors (Lipinski definition) is 2. The molecular formula is C19H12Cl3N3O2. The molecule has 0 aliphatic rings. The minimum Gasteiger partial charge on any atom is -0.322 e. The summed E-state index contributed by atoms with van der Waals surface area (Å²) in [6.07, 6.45) is 1.50. The van der Waals surface area contributed by atoms with Crippen LogP contribution in [0.5, 0.6) is 0 Å². The molecule has 2 aromatic carbocycles. The highest BCUT2D eigenvalue weighted by atomic mass is 35.5. The molecule has 0 aliphatic carbocycles. The number of aromatic nitrogens is 1. The van der Waals surface area contributed by atoms with Crippen LogP contribution in [-0.2, 0) is 0 Å². The van der Waals surface area contributed by atoms with E-state index >= 15 is 0 Å². The minimum atomic E-state index is -0.405. The quantitative estimate of drug-likeness (QED) is 0.544. The molecule has 5 nitrogen and oxygen atoms in total. The van der Waals surface area contributed by atoms with Crippen LogP contribution in [-0.4, -0.2) is 16.8 Å². The van der Waals surface area contributed by atoms with E-state index in [1.54, 1.807) is 42.5 Å². The third-order valence-electron chi connectivity index (χ3n) is 3.56. The average Bonchev–Trinajstić information content (AvgIpc) is 2.62. The van der Waals surface area contributed by atoms with E-state index in [2.05, 4.69) is 15.6 Å². The molecule has 136 valence electrons. The molecule has 2 amide bonds. The molecule has 3 rings (SSSR count). The maximum Gasteiger partial charge on any atom is 0.258 e. The van der Waals surface area contributed by atoms with E-state index in [1.807, 2.05) is 0 Å². The zero-order chi connectivity index (χ0) is 19.4. The third kappa shape index (κ3) is 4.77. The van der Waals surface area contributed by atoms with Crippen molar-refractivity contribution in [3.05, 3.63) is 87.1 Å². The summed E-state index contributed by atoms with van der Waals surface area (Å²) < 4.78 is 0. The number of benzene rings is 2. The molecule has 0 fully saturated rings. The van der Waals surface area contributed by atoms with Crippen LogP contribution >= 0.6 is 34.8 Å². The van der Waals surface area contributed by atoms with Gasteiger partial charge in [0.05, 0.1) is 16.1 Å². The molecular weight excluding hydrogens is 409 g/mol. The van der Waals surface area contributed by atoms with Crippen LogP contribution in [0, 0.1) is 0 Å². The molecule has 0 saturated heterocycles. The van der Waals surface area contributed by atoms with E-state index < -0.39 is 11.8 Å². The highest BCUT2D eigenvalue weighted by molar-refractivity contribution is 6.37. The fourth-order valence-electron chi connectivity index (χ4n) is 2.30. The number of carbonyl (C=O) groups is 2. The van der Waals surface area contributed by atoms with Gasteiger partial charge in [-0.05, 0) is 48.5 Å². The van der Waals surface area contributed by atoms with Crippen LogP contribution in [0.25, 0.3) is 0 Å². The lowest BCUT2D eigenvalue weighted by molar-refractivity contribution is 0.101. The Morgan fingerprint density at radius 2 is 1.44 bits per heavy atom. The molecule has 0 aliphatic heterocycles. The van der Waals surface area contributed by atoms with Gasteiger partial charge < -0.3 is 10.6 Å². The van der Waals surface area contributed by atoms with Gasteiger partial charge in [-0.2, -0.15) is 0 Å². The second kappa shape index (κ2) is 8.39. The summed E-state index contributed by atoms with van der Waals surface area (Å²) in [5.41, 5.74) is 1.51. The van der Waals surface area contributed by atoms with Gasteiger partial charge in [0, 0.05) is 22.6 Å². The molecule has 0 spiro atoms. The van der Waals surface area contributed by atoms with Crippen molar-refractivity contribution in [1.29, 1.82) is 0 Å². The number of nitrogens with one attached hydrogen (secondary N) is 2. The summed E-state index contributed by atoms with van der Waals surface area (Å²) in [6, 6.07) is 14.5. The SMILES string of the molecule is O=C(Nc1cccc(NC(=O)c2cccnc2Cl)c1)c1ccc(Cl)cc1Cl. The molecule has 3 aromatic rings. The van der Waals surface area contributed by atoms with Gasteiger partial charge in [-0.15, -0.1) is 0 Å². The van der Waals surface area contributed by atoms with E-state index in [0.29, 0.717) is 16.4 Å². The first-order chi connectivity index (χ1) is 12.9. The first kappa shape index (κ1) is 19.2. The Bertz CT molecular complexity index is 1020. The van der Waals surface area contributed by atoms with Crippen molar-refractivity contribution in [3.63, 3.8) is 0 Å². The number of nitrogens with zero attached hydrogens (tertiary/aromatic N) is 1. The van der Waals surface area contributed by atoms with Crippen LogP contribution in [0.2, 0.25) is 15.2 Å². The van der Waals surface area contributed by atoms with Gasteiger partial charge in [0.1, 0.15) is 5.15 Å². The maximum atomic E-state index is 12.4. The first-order valence-electron chi connectivity index (χ1n) is 7.72. The summed E-state index contributed by atoms with van der Waals surface area (Å²) in [5, 5.41) is 6.23. The van der Waals surface area contributed by atoms with Crippen molar-refractivity contribution in [2.24, 2.45) is 0 Å². The predicted octanol–water partition coefficient (Wildman–Crippen LogP) is 5.55. The summed E-state index contributed by atoms with van der Waals surface area (Å²) in [5.74, 6) is -0.798. The molecule has 0 bridgehead atoms. The number of carbonyl (C=O) groups excluding carboxylic acids is 2. The van der Waals surface area contributed by atoms with Crippen molar-refractivity contribution < 1.29 is 9.59 Å². The van der Waals surface area contributed by atoms with E-state index in [9.17, 15) is 9.59 Å². The van der Waals surface area contributed by atoms with Gasteiger partial charge in [0.25, 0.3) is 11.8 Å². The molecule has 0 atom stereocenters. The number of halogens is 3. The van der Waals surface area contributed by atoms with Crippen molar-refractivity contribution in [1.82, 2.24) is 4.98 Å². The van der Waals surface area contributed by atoms with E-state index in [-0.39, 0.29) is 21.3 Å². The third-order valence-corrected chi connectivity index (χ3v) is 4.41. The molecule has 27 heavy (non-hydrogen) atoms. The Kier molecular flexibility index (Phi) is 5.96. The van der Waals surface area contributed by atoms with Gasteiger partial charge in [-0.3, -0.25) is 9.59 Å². The summed E-state index contributed by atoms with van der Waals surface area (Å²) >= 11 is 17.8. The molecule has 0 saturated carbocycles. The topological polar surface area (TPSA) is 71.1 Å². The van der Waals surface area contributed by atoms with Crippen LogP contribution in [0.15, 0.2) is 60.8 Å². The number of rotatable bonds is 4. The largest absolute Gasteiger partial charge is 0.322 e. The highest BCUT2D eigenvalue weighted by Gasteiger charge is 2.13. The molecule has 2 N–H and O–H groups in total. The van der Waals surface area contributed by atoms with Crippen LogP contribution < -0.4 is 10.6 Å². The Hall–Kier alpha value is -2.60. The Balaban J connectivity index is 1.75. The van der Waals surface area contributed by atoms with Crippen molar-refractivity contribution in [3.8, 4) is 0 Å². The number of pyridine rings is 1. The molecule has 8 heteroatoms. The Morgan fingerprint density at radius 3 is 2.07 bits per heavy atom. The van der Waals surface area contributed by atoms with Gasteiger partial charge in [0.15, 0.2) is 0 Å². The van der Waals surface area contributed by atoms with E-state index in [4.69, 9.17) is 34.8 Å². The Labute approximate surface area is 170 Å². The zero-order valence-electron chi connectivity index (χ0n) is 13.7. The van der Waals surface area contributed by atoms with Gasteiger partial charge in [0.2, 0.25) is 0 Å². The lowest BCUT2D eigenvalue weighted by atomic mass is 10.2. The van der Waals surface area contributed by atoms with E-state index in [1.165, 1.54) is 18.3 Å². The molecule has 1 aromatic heterocycles. The van der Waals surface area contributed by atoms with Crippen LogP contribution in [0.3, 0.4) is 0 Å². The maximum absolute atomic E-state index is 12.4. The fraction of sp³-hybridized carbons (Fsp3) is 0. The summed E-state index contributed by atoms with van der Waals surface area (Å²) in [7, 11) is 0. The number of anilines is 2. The molecule has 1 heterocycles. The minimum absolute atomic E-state index is 0.108. The number of amides is 2. The second-order valence-corrected chi connectivity index (χ2v) is 6.66. The standard InChI is InChI=1S/C19H12Cl3N3O2/c20-11-6-7-14(16(21)9-11)18(26)24-12-3-1-4-13(10-12)25-19(27)15-5-2-8-23-17(15)22/h1-10H,(H,24,26)(H,25,27). The van der Waals surface area contributed by atoms with Crippen molar-refractivity contribution in [2.75, 3.05) is 10.6 Å². The fourth-order valence-corrected chi connectivity index (χ4v) is 3.00.